The van der Waals surface area contributed by atoms with Crippen molar-refractivity contribution < 1.29 is 4.39 Å². The fraction of sp³-hybridized carbons (Fsp3) is 0.500. The van der Waals surface area contributed by atoms with E-state index in [4.69, 9.17) is 17.3 Å². The Morgan fingerprint density at radius 1 is 1.47 bits per heavy atom. The molecule has 1 unspecified atom stereocenters. The Kier molecular flexibility index (Phi) is 4.12. The fourth-order valence-corrected chi connectivity index (χ4v) is 1.68. The maximum Gasteiger partial charge on any atom is 0.142 e. The Hall–Kier alpha value is -0.600. The first-order valence-corrected chi connectivity index (χ1v) is 5.53. The van der Waals surface area contributed by atoms with E-state index in [1.165, 1.54) is 6.07 Å². The lowest BCUT2D eigenvalue weighted by Gasteiger charge is -2.26. The Balaban J connectivity index is 2.94. The molecule has 1 rings (SSSR count). The van der Waals surface area contributed by atoms with Crippen LogP contribution in [0.2, 0.25) is 5.02 Å². The van der Waals surface area contributed by atoms with Gasteiger partial charge < -0.3 is 5.73 Å². The Bertz CT molecular complexity index is 334. The van der Waals surface area contributed by atoms with Gasteiger partial charge in [0, 0.05) is 0 Å². The van der Waals surface area contributed by atoms with Crippen LogP contribution in [0.25, 0.3) is 0 Å². The molecule has 0 bridgehead atoms. The Morgan fingerprint density at radius 3 is 2.67 bits per heavy atom. The van der Waals surface area contributed by atoms with Gasteiger partial charge >= 0.3 is 0 Å². The second kappa shape index (κ2) is 4.95. The van der Waals surface area contributed by atoms with Crippen LogP contribution in [0.15, 0.2) is 18.2 Å². The molecule has 0 heterocycles. The zero-order chi connectivity index (χ0) is 11.5. The molecule has 0 aliphatic carbocycles. The average molecular weight is 230 g/mol. The van der Waals surface area contributed by atoms with Gasteiger partial charge in [-0.05, 0) is 36.4 Å². The van der Waals surface area contributed by atoms with Gasteiger partial charge in [0.15, 0.2) is 0 Å². The van der Waals surface area contributed by atoms with Gasteiger partial charge in [-0.1, -0.05) is 37.6 Å². The third-order valence-corrected chi connectivity index (χ3v) is 3.42. The van der Waals surface area contributed by atoms with E-state index in [-0.39, 0.29) is 16.3 Å². The molecule has 0 radical (unpaired) electrons. The quantitative estimate of drug-likeness (QED) is 0.842. The van der Waals surface area contributed by atoms with Gasteiger partial charge in [-0.25, -0.2) is 4.39 Å². The monoisotopic (exact) mass is 229 g/mol. The summed E-state index contributed by atoms with van der Waals surface area (Å²) in [6, 6.07) is 4.91. The minimum atomic E-state index is -0.357. The lowest BCUT2D eigenvalue weighted by molar-refractivity contribution is 0.320. The third-order valence-electron chi connectivity index (χ3n) is 3.00. The number of nitrogens with two attached hydrogens (primary N) is 1. The smallest absolute Gasteiger partial charge is 0.142 e. The Labute approximate surface area is 95.4 Å². The molecule has 0 spiro atoms. The van der Waals surface area contributed by atoms with Gasteiger partial charge in [-0.3, -0.25) is 0 Å². The molecule has 84 valence electrons. The maximum absolute atomic E-state index is 13.2. The van der Waals surface area contributed by atoms with Crippen LogP contribution in [0, 0.1) is 11.2 Å². The summed E-state index contributed by atoms with van der Waals surface area (Å²) in [6.45, 7) is 4.75. The molecule has 0 saturated carbocycles. The van der Waals surface area contributed by atoms with E-state index in [1.54, 1.807) is 6.07 Å². The Morgan fingerprint density at radius 2 is 2.13 bits per heavy atom. The van der Waals surface area contributed by atoms with Crippen LogP contribution in [0.3, 0.4) is 0 Å². The molecular formula is C12H17ClFN. The van der Waals surface area contributed by atoms with Crippen molar-refractivity contribution in [1.82, 2.24) is 0 Å². The van der Waals surface area contributed by atoms with E-state index in [9.17, 15) is 4.39 Å². The summed E-state index contributed by atoms with van der Waals surface area (Å²) in [5.41, 5.74) is 6.55. The molecule has 0 amide bonds. The molecule has 1 atom stereocenters. The van der Waals surface area contributed by atoms with Gasteiger partial charge in [-0.15, -0.1) is 0 Å². The summed E-state index contributed by atoms with van der Waals surface area (Å²) in [4.78, 5) is 0. The van der Waals surface area contributed by atoms with E-state index in [0.29, 0.717) is 6.54 Å². The molecule has 1 aromatic rings. The lowest BCUT2D eigenvalue weighted by atomic mass is 9.81. The highest BCUT2D eigenvalue weighted by atomic mass is 35.5. The van der Waals surface area contributed by atoms with Gasteiger partial charge in [0.25, 0.3) is 0 Å². The van der Waals surface area contributed by atoms with Crippen molar-refractivity contribution in [2.45, 2.75) is 26.7 Å². The molecule has 15 heavy (non-hydrogen) atoms. The standard InChI is InChI=1S/C12H17ClFN/c1-3-12(2,8-15)7-9-5-4-6-10(14)11(9)13/h4-6H,3,7-8,15H2,1-2H3. The van der Waals surface area contributed by atoms with Crippen LogP contribution >= 0.6 is 11.6 Å². The first-order chi connectivity index (χ1) is 7.02. The molecule has 0 fully saturated rings. The molecule has 0 aliphatic rings. The molecule has 3 heteroatoms. The van der Waals surface area contributed by atoms with Crippen molar-refractivity contribution >= 4 is 11.6 Å². The number of rotatable bonds is 4. The molecule has 0 saturated heterocycles. The van der Waals surface area contributed by atoms with Crippen LogP contribution in [-0.2, 0) is 6.42 Å². The molecule has 0 aromatic heterocycles. The summed E-state index contributed by atoms with van der Waals surface area (Å²) in [6.07, 6.45) is 1.67. The van der Waals surface area contributed by atoms with Crippen LogP contribution in [0.4, 0.5) is 4.39 Å². The van der Waals surface area contributed by atoms with Crippen molar-refractivity contribution in [3.8, 4) is 0 Å². The largest absolute Gasteiger partial charge is 0.330 e. The van der Waals surface area contributed by atoms with Crippen molar-refractivity contribution in [1.29, 1.82) is 0 Å². The van der Waals surface area contributed by atoms with E-state index in [1.807, 2.05) is 6.07 Å². The minimum absolute atomic E-state index is 0.00255. The first-order valence-electron chi connectivity index (χ1n) is 5.15. The van der Waals surface area contributed by atoms with E-state index >= 15 is 0 Å². The molecule has 1 aromatic carbocycles. The van der Waals surface area contributed by atoms with Crippen LogP contribution in [-0.4, -0.2) is 6.54 Å². The van der Waals surface area contributed by atoms with E-state index < -0.39 is 0 Å². The van der Waals surface area contributed by atoms with Gasteiger partial charge in [0.1, 0.15) is 5.82 Å². The summed E-state index contributed by atoms with van der Waals surface area (Å²) >= 11 is 5.90. The van der Waals surface area contributed by atoms with Crippen molar-refractivity contribution in [3.05, 3.63) is 34.6 Å². The predicted octanol–water partition coefficient (Wildman–Crippen LogP) is 3.40. The molecule has 1 nitrogen and oxygen atoms in total. The lowest BCUT2D eigenvalue weighted by Crippen LogP contribution is -2.28. The van der Waals surface area contributed by atoms with Crippen molar-refractivity contribution in [2.75, 3.05) is 6.54 Å². The normalized spacial score (nSPS) is 15.0. The summed E-state index contributed by atoms with van der Waals surface area (Å²) in [7, 11) is 0. The summed E-state index contributed by atoms with van der Waals surface area (Å²) in [5, 5.41) is 0.227. The first kappa shape index (κ1) is 12.5. The second-order valence-corrected chi connectivity index (χ2v) is 4.64. The van der Waals surface area contributed by atoms with Crippen molar-refractivity contribution in [2.24, 2.45) is 11.1 Å². The molecule has 2 N–H and O–H groups in total. The maximum atomic E-state index is 13.2. The topological polar surface area (TPSA) is 26.0 Å². The van der Waals surface area contributed by atoms with Gasteiger partial charge in [0.05, 0.1) is 5.02 Å². The molecule has 0 aliphatic heterocycles. The highest BCUT2D eigenvalue weighted by Gasteiger charge is 2.22. The SMILES string of the molecule is CCC(C)(CN)Cc1cccc(F)c1Cl. The summed E-state index contributed by atoms with van der Waals surface area (Å²) in [5.74, 6) is -0.357. The molecular weight excluding hydrogens is 213 g/mol. The number of halogens is 2. The number of hydrogen-bond donors (Lipinski definition) is 1. The highest BCUT2D eigenvalue weighted by Crippen LogP contribution is 2.29. The number of hydrogen-bond acceptors (Lipinski definition) is 1. The van der Waals surface area contributed by atoms with E-state index in [2.05, 4.69) is 13.8 Å². The van der Waals surface area contributed by atoms with Crippen LogP contribution < -0.4 is 5.73 Å². The van der Waals surface area contributed by atoms with Crippen LogP contribution in [0.5, 0.6) is 0 Å². The highest BCUT2D eigenvalue weighted by molar-refractivity contribution is 6.31. The predicted molar refractivity (Wildman–Crippen MR) is 62.6 cm³/mol. The van der Waals surface area contributed by atoms with Gasteiger partial charge in [-0.2, -0.15) is 0 Å². The average Bonchev–Trinajstić information content (AvgIpc) is 2.25. The fourth-order valence-electron chi connectivity index (χ4n) is 1.49. The van der Waals surface area contributed by atoms with Gasteiger partial charge in [0.2, 0.25) is 0 Å². The second-order valence-electron chi connectivity index (χ2n) is 4.26. The van der Waals surface area contributed by atoms with Crippen LogP contribution in [0.1, 0.15) is 25.8 Å². The van der Waals surface area contributed by atoms with Crippen molar-refractivity contribution in [3.63, 3.8) is 0 Å². The zero-order valence-electron chi connectivity index (χ0n) is 9.19. The third kappa shape index (κ3) is 2.93. The number of benzene rings is 1. The van der Waals surface area contributed by atoms with E-state index in [0.717, 1.165) is 18.4 Å². The zero-order valence-corrected chi connectivity index (χ0v) is 9.94. The summed E-state index contributed by atoms with van der Waals surface area (Å²) < 4.78 is 13.2. The minimum Gasteiger partial charge on any atom is -0.330 e.